The molecule has 0 aliphatic carbocycles. The summed E-state index contributed by atoms with van der Waals surface area (Å²) in [5, 5.41) is 4.27. The standard InChI is InChI=1S/C21H26FN5O2/c1-13-17(11-25(4)23-13)20(28)26-9-15-10-27(21(29)24(2)3)19(18(15)12-26)14-6-5-7-16(22)8-14/h5-8,11,15,18-19H,9-10,12H2,1-4H3/t15-,18-,19+/m1/s1. The summed E-state index contributed by atoms with van der Waals surface area (Å²) < 4.78 is 15.6. The number of likely N-dealkylation sites (tertiary alicyclic amines) is 2. The number of hydrogen-bond acceptors (Lipinski definition) is 3. The minimum atomic E-state index is -0.319. The predicted octanol–water partition coefficient (Wildman–Crippen LogP) is 2.29. The van der Waals surface area contributed by atoms with Gasteiger partial charge in [0.05, 0.1) is 17.3 Å². The fourth-order valence-corrected chi connectivity index (χ4v) is 4.76. The Morgan fingerprint density at radius 2 is 1.97 bits per heavy atom. The zero-order chi connectivity index (χ0) is 20.9. The first kappa shape index (κ1) is 19.4. The van der Waals surface area contributed by atoms with Crippen LogP contribution in [0.3, 0.4) is 0 Å². The summed E-state index contributed by atoms with van der Waals surface area (Å²) in [5.74, 6) is -0.122. The number of carbonyl (C=O) groups excluding carboxylic acids is 2. The highest BCUT2D eigenvalue weighted by atomic mass is 19.1. The van der Waals surface area contributed by atoms with E-state index in [9.17, 15) is 14.0 Å². The molecule has 0 saturated carbocycles. The minimum Gasteiger partial charge on any atom is -0.338 e. The van der Waals surface area contributed by atoms with Crippen LogP contribution in [-0.2, 0) is 7.05 Å². The highest BCUT2D eigenvalue weighted by Gasteiger charge is 2.50. The van der Waals surface area contributed by atoms with Gasteiger partial charge in [-0.25, -0.2) is 9.18 Å². The van der Waals surface area contributed by atoms with Crippen LogP contribution in [0.1, 0.15) is 27.7 Å². The number of fused-ring (bicyclic) bond motifs is 1. The molecule has 2 saturated heterocycles. The van der Waals surface area contributed by atoms with Gasteiger partial charge in [-0.1, -0.05) is 12.1 Å². The van der Waals surface area contributed by atoms with Crippen LogP contribution in [0.4, 0.5) is 9.18 Å². The van der Waals surface area contributed by atoms with Gasteiger partial charge in [-0.3, -0.25) is 9.48 Å². The Kier molecular flexibility index (Phi) is 4.80. The zero-order valence-corrected chi connectivity index (χ0v) is 17.2. The summed E-state index contributed by atoms with van der Waals surface area (Å²) in [6, 6.07) is 6.10. The molecule has 4 rings (SSSR count). The maximum absolute atomic E-state index is 13.9. The number of aromatic nitrogens is 2. The third-order valence-electron chi connectivity index (χ3n) is 6.01. The summed E-state index contributed by atoms with van der Waals surface area (Å²) in [6.07, 6.45) is 1.75. The first-order valence-corrected chi connectivity index (χ1v) is 9.79. The molecule has 2 aliphatic heterocycles. The van der Waals surface area contributed by atoms with Gasteiger partial charge in [-0.05, 0) is 24.6 Å². The molecule has 0 unspecified atom stereocenters. The van der Waals surface area contributed by atoms with Gasteiger partial charge >= 0.3 is 6.03 Å². The van der Waals surface area contributed by atoms with Crippen molar-refractivity contribution in [3.05, 3.63) is 53.1 Å². The second kappa shape index (κ2) is 7.17. The number of aryl methyl sites for hydroxylation is 2. The van der Waals surface area contributed by atoms with E-state index in [1.165, 1.54) is 12.1 Å². The molecule has 2 aromatic rings. The lowest BCUT2D eigenvalue weighted by atomic mass is 9.89. The lowest BCUT2D eigenvalue weighted by molar-refractivity contribution is 0.0765. The molecule has 1 aromatic carbocycles. The van der Waals surface area contributed by atoms with Crippen LogP contribution < -0.4 is 0 Å². The third-order valence-corrected chi connectivity index (χ3v) is 6.01. The van der Waals surface area contributed by atoms with Crippen LogP contribution >= 0.6 is 0 Å². The van der Waals surface area contributed by atoms with E-state index in [0.717, 1.165) is 5.56 Å². The van der Waals surface area contributed by atoms with E-state index in [1.54, 1.807) is 43.0 Å². The number of carbonyl (C=O) groups is 2. The van der Waals surface area contributed by atoms with Crippen LogP contribution in [-0.4, -0.2) is 70.1 Å². The highest BCUT2D eigenvalue weighted by molar-refractivity contribution is 5.95. The molecular weight excluding hydrogens is 373 g/mol. The maximum atomic E-state index is 13.9. The largest absolute Gasteiger partial charge is 0.338 e. The van der Waals surface area contributed by atoms with Crippen molar-refractivity contribution in [3.8, 4) is 0 Å². The summed E-state index contributed by atoms with van der Waals surface area (Å²) in [4.78, 5) is 31.1. The van der Waals surface area contributed by atoms with Crippen molar-refractivity contribution in [1.82, 2.24) is 24.5 Å². The van der Waals surface area contributed by atoms with Gasteiger partial charge < -0.3 is 14.7 Å². The van der Waals surface area contributed by atoms with Crippen LogP contribution in [0.15, 0.2) is 30.5 Å². The summed E-state index contributed by atoms with van der Waals surface area (Å²) in [7, 11) is 5.24. The number of halogens is 1. The molecule has 2 aliphatic rings. The average Bonchev–Trinajstić information content (AvgIpc) is 3.32. The van der Waals surface area contributed by atoms with Gasteiger partial charge in [0.2, 0.25) is 0 Å². The Morgan fingerprint density at radius 3 is 2.59 bits per heavy atom. The first-order valence-electron chi connectivity index (χ1n) is 9.79. The Morgan fingerprint density at radius 1 is 1.21 bits per heavy atom. The monoisotopic (exact) mass is 399 g/mol. The molecule has 0 bridgehead atoms. The molecule has 0 spiro atoms. The molecule has 0 radical (unpaired) electrons. The molecule has 29 heavy (non-hydrogen) atoms. The maximum Gasteiger partial charge on any atom is 0.320 e. The zero-order valence-electron chi connectivity index (χ0n) is 17.2. The van der Waals surface area contributed by atoms with E-state index in [4.69, 9.17) is 0 Å². The first-order chi connectivity index (χ1) is 13.8. The molecule has 3 heterocycles. The predicted molar refractivity (Wildman–Crippen MR) is 106 cm³/mol. The van der Waals surface area contributed by atoms with Crippen molar-refractivity contribution in [2.75, 3.05) is 33.7 Å². The molecule has 154 valence electrons. The summed E-state index contributed by atoms with van der Waals surface area (Å²) in [6.45, 7) is 3.51. The van der Waals surface area contributed by atoms with Crippen molar-refractivity contribution in [2.24, 2.45) is 18.9 Å². The molecule has 3 atom stereocenters. The number of urea groups is 1. The van der Waals surface area contributed by atoms with E-state index in [1.807, 2.05) is 22.8 Å². The van der Waals surface area contributed by atoms with Crippen LogP contribution in [0, 0.1) is 24.6 Å². The number of amides is 3. The van der Waals surface area contributed by atoms with Gasteiger partial charge in [0.25, 0.3) is 5.91 Å². The molecule has 0 N–H and O–H groups in total. The molecule has 1 aromatic heterocycles. The normalized spacial score (nSPS) is 23.4. The second-order valence-corrected chi connectivity index (χ2v) is 8.27. The average molecular weight is 399 g/mol. The molecular formula is C21H26FN5O2. The van der Waals surface area contributed by atoms with E-state index < -0.39 is 0 Å². The smallest absolute Gasteiger partial charge is 0.320 e. The molecule has 7 nitrogen and oxygen atoms in total. The van der Waals surface area contributed by atoms with Crippen LogP contribution in [0.25, 0.3) is 0 Å². The van der Waals surface area contributed by atoms with Crippen molar-refractivity contribution in [2.45, 2.75) is 13.0 Å². The van der Waals surface area contributed by atoms with Crippen molar-refractivity contribution in [3.63, 3.8) is 0 Å². The SMILES string of the molecule is Cc1nn(C)cc1C(=O)N1C[C@@H]2CN(C(=O)N(C)C)[C@@H](c3cccc(F)c3)[C@@H]2C1. The fraction of sp³-hybridized carbons (Fsp3) is 0.476. The Bertz CT molecular complexity index is 956. The van der Waals surface area contributed by atoms with Crippen LogP contribution in [0.5, 0.6) is 0 Å². The second-order valence-electron chi connectivity index (χ2n) is 8.27. The number of nitrogens with zero attached hydrogens (tertiary/aromatic N) is 5. The lowest BCUT2D eigenvalue weighted by Crippen LogP contribution is -2.42. The molecule has 2 fully saturated rings. The Hall–Kier alpha value is -2.90. The summed E-state index contributed by atoms with van der Waals surface area (Å²) >= 11 is 0. The van der Waals surface area contributed by atoms with Crippen molar-refractivity contribution in [1.29, 1.82) is 0 Å². The number of rotatable bonds is 2. The lowest BCUT2D eigenvalue weighted by Gasteiger charge is -2.31. The van der Waals surface area contributed by atoms with Gasteiger partial charge in [-0.2, -0.15) is 5.10 Å². The quantitative estimate of drug-likeness (QED) is 0.779. The van der Waals surface area contributed by atoms with Crippen LogP contribution in [0.2, 0.25) is 0 Å². The van der Waals surface area contributed by atoms with Gasteiger partial charge in [0, 0.05) is 58.8 Å². The minimum absolute atomic E-state index is 0.0338. The van der Waals surface area contributed by atoms with E-state index in [0.29, 0.717) is 30.9 Å². The molecule has 8 heteroatoms. The topological polar surface area (TPSA) is 61.7 Å². The van der Waals surface area contributed by atoms with Gasteiger partial charge in [0.15, 0.2) is 0 Å². The molecule has 3 amide bonds. The highest BCUT2D eigenvalue weighted by Crippen LogP contribution is 2.45. The van der Waals surface area contributed by atoms with E-state index in [2.05, 4.69) is 5.10 Å². The fourth-order valence-electron chi connectivity index (χ4n) is 4.76. The number of benzene rings is 1. The summed E-state index contributed by atoms with van der Waals surface area (Å²) in [5.41, 5.74) is 2.09. The Balaban J connectivity index is 1.63. The van der Waals surface area contributed by atoms with E-state index in [-0.39, 0.29) is 35.6 Å². The Labute approximate surface area is 169 Å². The van der Waals surface area contributed by atoms with Crippen molar-refractivity contribution >= 4 is 11.9 Å². The number of hydrogen-bond donors (Lipinski definition) is 0. The third kappa shape index (κ3) is 3.36. The van der Waals surface area contributed by atoms with Crippen molar-refractivity contribution < 1.29 is 14.0 Å². The van der Waals surface area contributed by atoms with Gasteiger partial charge in [0.1, 0.15) is 5.82 Å². The van der Waals surface area contributed by atoms with Gasteiger partial charge in [-0.15, -0.1) is 0 Å². The van der Waals surface area contributed by atoms with E-state index >= 15 is 0 Å².